The Labute approximate surface area is 102 Å². The van der Waals surface area contributed by atoms with Crippen molar-refractivity contribution in [3.63, 3.8) is 0 Å². The molecule has 0 aliphatic carbocycles. The maximum atomic E-state index is 5.47. The number of hydrogen-bond acceptors (Lipinski definition) is 1. The van der Waals surface area contributed by atoms with Crippen LogP contribution in [0.1, 0.15) is 5.56 Å². The van der Waals surface area contributed by atoms with E-state index in [1.165, 1.54) is 10.8 Å². The molecule has 0 bridgehead atoms. The van der Waals surface area contributed by atoms with Crippen LogP contribution in [0.25, 0.3) is 6.08 Å². The van der Waals surface area contributed by atoms with Crippen LogP contribution in [0, 0.1) is 0 Å². The van der Waals surface area contributed by atoms with Crippen LogP contribution >= 0.6 is 0 Å². The zero-order valence-electron chi connectivity index (χ0n) is 10.9. The highest BCUT2D eigenvalue weighted by atomic mass is 28.3. The predicted molar refractivity (Wildman–Crippen MR) is 77.0 cm³/mol. The minimum atomic E-state index is -1.16. The molecule has 0 aromatic heterocycles. The first-order valence-corrected chi connectivity index (χ1v) is 11.5. The van der Waals surface area contributed by atoms with Gasteiger partial charge in [0.15, 0.2) is 0 Å². The molecule has 0 aliphatic rings. The first kappa shape index (κ1) is 13.3. The topological polar surface area (TPSA) is 9.23 Å². The van der Waals surface area contributed by atoms with Gasteiger partial charge in [0.25, 0.3) is 9.04 Å². The van der Waals surface area contributed by atoms with E-state index in [1.807, 2.05) is 12.3 Å². The molecule has 1 nitrogen and oxygen atoms in total. The summed E-state index contributed by atoms with van der Waals surface area (Å²) in [4.78, 5) is 0. The first-order chi connectivity index (χ1) is 7.39. The van der Waals surface area contributed by atoms with E-state index in [0.717, 1.165) is 0 Å². The van der Waals surface area contributed by atoms with Crippen molar-refractivity contribution in [1.29, 1.82) is 0 Å². The molecule has 1 aromatic carbocycles. The second-order valence-corrected chi connectivity index (χ2v) is 12.3. The average Bonchev–Trinajstić information content (AvgIpc) is 2.16. The Bertz CT molecular complexity index is 347. The van der Waals surface area contributed by atoms with Gasteiger partial charge in [0, 0.05) is 0 Å². The molecule has 0 aliphatic heterocycles. The normalized spacial score (nSPS) is 12.4. The van der Waals surface area contributed by atoms with Gasteiger partial charge in [0.2, 0.25) is 0 Å². The molecule has 0 N–H and O–H groups in total. The molecule has 0 spiro atoms. The molecule has 1 aromatic rings. The number of benzene rings is 1. The van der Waals surface area contributed by atoms with Crippen LogP contribution < -0.4 is 5.19 Å². The van der Waals surface area contributed by atoms with Crippen molar-refractivity contribution in [3.8, 4) is 0 Å². The molecule has 0 unspecified atom stereocenters. The quantitative estimate of drug-likeness (QED) is 0.586. The van der Waals surface area contributed by atoms with E-state index in [2.05, 4.69) is 57.0 Å². The molecule has 0 heterocycles. The molecular weight excluding hydrogens is 228 g/mol. The number of hydrogen-bond donors (Lipinski definition) is 0. The van der Waals surface area contributed by atoms with Crippen LogP contribution in [0.5, 0.6) is 0 Å². The summed E-state index contributed by atoms with van der Waals surface area (Å²) in [5, 5.41) is 1.50. The fraction of sp³-hybridized carbons (Fsp3) is 0.385. The van der Waals surface area contributed by atoms with E-state index in [0.29, 0.717) is 0 Å². The lowest BCUT2D eigenvalue weighted by Gasteiger charge is -2.16. The van der Waals surface area contributed by atoms with Gasteiger partial charge in [0.05, 0.1) is 14.3 Å². The molecule has 0 fully saturated rings. The Morgan fingerprint density at radius 3 is 2.06 bits per heavy atom. The smallest absolute Gasteiger partial charge is 0.273 e. The van der Waals surface area contributed by atoms with Crippen LogP contribution in [0.2, 0.25) is 32.7 Å². The van der Waals surface area contributed by atoms with Gasteiger partial charge in [-0.1, -0.05) is 49.1 Å². The highest BCUT2D eigenvalue weighted by Crippen LogP contribution is 2.06. The fourth-order valence-electron chi connectivity index (χ4n) is 1.34. The van der Waals surface area contributed by atoms with Gasteiger partial charge < -0.3 is 4.43 Å². The molecular formula is C13H21OSi2. The van der Waals surface area contributed by atoms with Crippen LogP contribution in [0.4, 0.5) is 0 Å². The van der Waals surface area contributed by atoms with E-state index in [1.54, 1.807) is 0 Å². The monoisotopic (exact) mass is 249 g/mol. The van der Waals surface area contributed by atoms with Crippen molar-refractivity contribution < 1.29 is 4.43 Å². The van der Waals surface area contributed by atoms with Crippen molar-refractivity contribution in [2.45, 2.75) is 32.7 Å². The average molecular weight is 249 g/mol. The van der Waals surface area contributed by atoms with Gasteiger partial charge >= 0.3 is 0 Å². The minimum Gasteiger partial charge on any atom is -0.548 e. The number of rotatable bonds is 4. The third-order valence-corrected chi connectivity index (χ3v) is 5.01. The fourth-order valence-corrected chi connectivity index (χ4v) is 2.85. The van der Waals surface area contributed by atoms with E-state index >= 15 is 0 Å². The van der Waals surface area contributed by atoms with Crippen molar-refractivity contribution in [3.05, 3.63) is 36.1 Å². The molecule has 1 rings (SSSR count). The van der Waals surface area contributed by atoms with Crippen LogP contribution in [-0.4, -0.2) is 17.1 Å². The molecule has 0 amide bonds. The molecule has 0 atom stereocenters. The summed E-state index contributed by atoms with van der Waals surface area (Å²) in [6.45, 7) is 11.4. The van der Waals surface area contributed by atoms with Gasteiger partial charge in [-0.25, -0.2) is 0 Å². The molecule has 0 saturated carbocycles. The molecule has 1 radical (unpaired) electrons. The van der Waals surface area contributed by atoms with Crippen LogP contribution in [0.3, 0.4) is 0 Å². The molecule has 3 heteroatoms. The van der Waals surface area contributed by atoms with Crippen molar-refractivity contribution >= 4 is 28.4 Å². The Balaban J connectivity index is 2.69. The zero-order chi connectivity index (χ0) is 12.2. The van der Waals surface area contributed by atoms with Crippen molar-refractivity contribution in [2.24, 2.45) is 0 Å². The first-order valence-electron chi connectivity index (χ1n) is 5.63. The summed E-state index contributed by atoms with van der Waals surface area (Å²) >= 11 is 0. The minimum absolute atomic E-state index is 0.615. The Hall–Kier alpha value is -0.806. The zero-order valence-corrected chi connectivity index (χ0v) is 12.9. The van der Waals surface area contributed by atoms with Gasteiger partial charge in [0.1, 0.15) is 0 Å². The lowest BCUT2D eigenvalue weighted by molar-refractivity contribution is 0.505. The second kappa shape index (κ2) is 5.50. The van der Waals surface area contributed by atoms with Crippen molar-refractivity contribution in [2.75, 3.05) is 0 Å². The maximum absolute atomic E-state index is 5.47. The summed E-state index contributed by atoms with van der Waals surface area (Å²) in [7, 11) is -1.77. The van der Waals surface area contributed by atoms with Crippen molar-refractivity contribution in [1.82, 2.24) is 0 Å². The van der Waals surface area contributed by atoms with Crippen LogP contribution in [-0.2, 0) is 4.43 Å². The summed E-state index contributed by atoms with van der Waals surface area (Å²) in [6.07, 6.45) is 3.85. The largest absolute Gasteiger partial charge is 0.548 e. The van der Waals surface area contributed by atoms with Gasteiger partial charge in [-0.15, -0.1) is 0 Å². The Morgan fingerprint density at radius 1 is 1.06 bits per heavy atom. The highest BCUT2D eigenvalue weighted by Gasteiger charge is 2.15. The molecule has 87 valence electrons. The molecule has 0 saturated heterocycles. The van der Waals surface area contributed by atoms with Gasteiger partial charge in [-0.3, -0.25) is 0 Å². The van der Waals surface area contributed by atoms with E-state index in [4.69, 9.17) is 4.43 Å². The third kappa shape index (κ3) is 4.37. The summed E-state index contributed by atoms with van der Waals surface area (Å²) < 4.78 is 5.47. The predicted octanol–water partition coefficient (Wildman–Crippen LogP) is 3.47. The van der Waals surface area contributed by atoms with Gasteiger partial charge in [-0.2, -0.15) is 0 Å². The van der Waals surface area contributed by atoms with E-state index in [9.17, 15) is 0 Å². The Morgan fingerprint density at radius 2 is 1.62 bits per heavy atom. The third-order valence-electron chi connectivity index (χ3n) is 2.34. The van der Waals surface area contributed by atoms with Crippen LogP contribution in [0.15, 0.2) is 30.5 Å². The maximum Gasteiger partial charge on any atom is 0.273 e. The lowest BCUT2D eigenvalue weighted by atomic mass is 10.2. The SMILES string of the molecule is C[Si](C)OC=Cc1ccc([Si](C)(C)C)cc1. The van der Waals surface area contributed by atoms with E-state index < -0.39 is 17.1 Å². The standard InChI is InChI=1S/C13H21OSi2/c1-15(2)14-11-10-12-6-8-13(9-7-12)16(3,4)5/h6-11H,1-5H3. The van der Waals surface area contributed by atoms with E-state index in [-0.39, 0.29) is 0 Å². The van der Waals surface area contributed by atoms with Gasteiger partial charge in [-0.05, 0) is 24.7 Å². The second-order valence-electron chi connectivity index (χ2n) is 5.20. The summed E-state index contributed by atoms with van der Waals surface area (Å²) in [5.74, 6) is 0. The summed E-state index contributed by atoms with van der Waals surface area (Å²) in [6, 6.07) is 8.83. The summed E-state index contributed by atoms with van der Waals surface area (Å²) in [5.41, 5.74) is 1.21. The lowest BCUT2D eigenvalue weighted by Crippen LogP contribution is -2.37. The highest BCUT2D eigenvalue weighted by molar-refractivity contribution is 6.88. The Kier molecular flexibility index (Phi) is 4.56. The molecule has 16 heavy (non-hydrogen) atoms.